The van der Waals surface area contributed by atoms with Crippen LogP contribution in [-0.2, 0) is 24.3 Å². The van der Waals surface area contributed by atoms with E-state index in [4.69, 9.17) is 9.15 Å². The summed E-state index contributed by atoms with van der Waals surface area (Å²) in [5.41, 5.74) is 1.32. The zero-order chi connectivity index (χ0) is 14.9. The first-order valence-corrected chi connectivity index (χ1v) is 8.10. The lowest BCUT2D eigenvalue weighted by Crippen LogP contribution is -2.33. The molecule has 4 rings (SSSR count). The molecular formula is C16H22N4O2. The topological polar surface area (TPSA) is 65.1 Å². The molecule has 2 atom stereocenters. The van der Waals surface area contributed by atoms with Crippen molar-refractivity contribution in [3.63, 3.8) is 0 Å². The molecule has 2 aromatic heterocycles. The van der Waals surface area contributed by atoms with Crippen molar-refractivity contribution in [1.29, 1.82) is 0 Å². The van der Waals surface area contributed by atoms with E-state index in [1.165, 1.54) is 12.0 Å². The molecule has 1 N–H and O–H groups in total. The van der Waals surface area contributed by atoms with E-state index >= 15 is 0 Å². The Bertz CT molecular complexity index is 648. The van der Waals surface area contributed by atoms with Crippen LogP contribution in [0.15, 0.2) is 16.7 Å². The normalized spacial score (nSPS) is 24.0. The van der Waals surface area contributed by atoms with Gasteiger partial charge in [0, 0.05) is 31.7 Å². The van der Waals surface area contributed by atoms with Crippen LogP contribution in [0.4, 0.5) is 0 Å². The molecule has 0 amide bonds. The van der Waals surface area contributed by atoms with E-state index in [0.717, 1.165) is 49.6 Å². The average Bonchev–Trinajstić information content (AvgIpc) is 3.14. The number of nitrogens with zero attached hydrogens (tertiary/aromatic N) is 3. The summed E-state index contributed by atoms with van der Waals surface area (Å²) in [6.45, 7) is 1.42. The lowest BCUT2D eigenvalue weighted by molar-refractivity contribution is 0.177. The highest BCUT2D eigenvalue weighted by Gasteiger charge is 2.29. The summed E-state index contributed by atoms with van der Waals surface area (Å²) in [5, 5.41) is 8.33. The average molecular weight is 302 g/mol. The number of fused-ring (bicyclic) bond motifs is 2. The molecule has 0 unspecified atom stereocenters. The third-order valence-electron chi connectivity index (χ3n) is 4.65. The summed E-state index contributed by atoms with van der Waals surface area (Å²) in [7, 11) is 1.68. The second-order valence-electron chi connectivity index (χ2n) is 6.15. The van der Waals surface area contributed by atoms with Crippen LogP contribution in [0.5, 0.6) is 0 Å². The summed E-state index contributed by atoms with van der Waals surface area (Å²) in [4.78, 5) is 4.67. The van der Waals surface area contributed by atoms with Crippen LogP contribution < -0.4 is 5.32 Å². The first kappa shape index (κ1) is 14.0. The molecule has 3 heterocycles. The number of aromatic nitrogens is 3. The SMILES string of the molecule is COCc1nc2n(n1)CCC[C@H]2N[C@H]1CCCc2occc21. The van der Waals surface area contributed by atoms with Crippen molar-refractivity contribution in [2.75, 3.05) is 7.11 Å². The summed E-state index contributed by atoms with van der Waals surface area (Å²) >= 11 is 0. The Morgan fingerprint density at radius 1 is 1.36 bits per heavy atom. The Morgan fingerprint density at radius 2 is 2.27 bits per heavy atom. The first-order valence-electron chi connectivity index (χ1n) is 8.10. The fraction of sp³-hybridized carbons (Fsp3) is 0.625. The van der Waals surface area contributed by atoms with E-state index in [-0.39, 0.29) is 6.04 Å². The molecule has 0 saturated heterocycles. The summed E-state index contributed by atoms with van der Waals surface area (Å²) in [5.74, 6) is 2.97. The number of furan rings is 1. The highest BCUT2D eigenvalue weighted by molar-refractivity contribution is 5.24. The second-order valence-corrected chi connectivity index (χ2v) is 6.15. The zero-order valence-corrected chi connectivity index (χ0v) is 12.9. The van der Waals surface area contributed by atoms with E-state index in [1.54, 1.807) is 7.11 Å². The van der Waals surface area contributed by atoms with Crippen molar-refractivity contribution in [2.45, 2.75) is 57.3 Å². The van der Waals surface area contributed by atoms with E-state index in [9.17, 15) is 0 Å². The van der Waals surface area contributed by atoms with Gasteiger partial charge in [0.1, 0.15) is 18.2 Å². The number of nitrogens with one attached hydrogen (secondary N) is 1. The lowest BCUT2D eigenvalue weighted by atomic mass is 9.92. The predicted molar refractivity (Wildman–Crippen MR) is 80.2 cm³/mol. The minimum Gasteiger partial charge on any atom is -0.469 e. The molecule has 0 spiro atoms. The van der Waals surface area contributed by atoms with Gasteiger partial charge >= 0.3 is 0 Å². The summed E-state index contributed by atoms with van der Waals surface area (Å²) < 4.78 is 12.8. The number of aryl methyl sites for hydroxylation is 2. The predicted octanol–water partition coefficient (Wildman–Crippen LogP) is 2.52. The van der Waals surface area contributed by atoms with Crippen LogP contribution in [0.3, 0.4) is 0 Å². The van der Waals surface area contributed by atoms with Crippen molar-refractivity contribution in [3.8, 4) is 0 Å². The van der Waals surface area contributed by atoms with Crippen molar-refractivity contribution in [1.82, 2.24) is 20.1 Å². The van der Waals surface area contributed by atoms with Crippen LogP contribution >= 0.6 is 0 Å². The molecule has 1 aliphatic heterocycles. The molecule has 118 valence electrons. The Labute approximate surface area is 129 Å². The molecule has 0 aromatic carbocycles. The molecule has 0 saturated carbocycles. The number of hydrogen-bond donors (Lipinski definition) is 1. The maximum absolute atomic E-state index is 5.59. The minimum atomic E-state index is 0.262. The molecular weight excluding hydrogens is 280 g/mol. The smallest absolute Gasteiger partial charge is 0.176 e. The zero-order valence-electron chi connectivity index (χ0n) is 12.9. The van der Waals surface area contributed by atoms with E-state index < -0.39 is 0 Å². The van der Waals surface area contributed by atoms with Crippen LogP contribution in [-0.4, -0.2) is 21.9 Å². The van der Waals surface area contributed by atoms with Gasteiger partial charge in [-0.05, 0) is 31.7 Å². The van der Waals surface area contributed by atoms with Crippen LogP contribution in [0.1, 0.15) is 60.7 Å². The molecule has 0 radical (unpaired) electrons. The highest BCUT2D eigenvalue weighted by Crippen LogP contribution is 2.34. The number of rotatable bonds is 4. The minimum absolute atomic E-state index is 0.262. The fourth-order valence-electron chi connectivity index (χ4n) is 3.65. The molecule has 6 heteroatoms. The lowest BCUT2D eigenvalue weighted by Gasteiger charge is -2.30. The third kappa shape index (κ3) is 2.46. The molecule has 0 fully saturated rings. The van der Waals surface area contributed by atoms with Gasteiger partial charge in [-0.25, -0.2) is 9.67 Å². The molecule has 2 aliphatic rings. The Morgan fingerprint density at radius 3 is 3.18 bits per heavy atom. The third-order valence-corrected chi connectivity index (χ3v) is 4.65. The fourth-order valence-corrected chi connectivity index (χ4v) is 3.65. The van der Waals surface area contributed by atoms with Gasteiger partial charge in [-0.15, -0.1) is 0 Å². The van der Waals surface area contributed by atoms with Gasteiger partial charge in [0.25, 0.3) is 0 Å². The van der Waals surface area contributed by atoms with Crippen LogP contribution in [0.2, 0.25) is 0 Å². The van der Waals surface area contributed by atoms with Gasteiger partial charge in [0.15, 0.2) is 5.82 Å². The molecule has 6 nitrogen and oxygen atoms in total. The van der Waals surface area contributed by atoms with Gasteiger partial charge in [0.05, 0.1) is 12.3 Å². The van der Waals surface area contributed by atoms with E-state index in [2.05, 4.69) is 21.5 Å². The van der Waals surface area contributed by atoms with Crippen LogP contribution in [0, 0.1) is 0 Å². The maximum Gasteiger partial charge on any atom is 0.176 e. The van der Waals surface area contributed by atoms with Crippen molar-refractivity contribution >= 4 is 0 Å². The molecule has 2 aromatic rings. The highest BCUT2D eigenvalue weighted by atomic mass is 16.5. The van der Waals surface area contributed by atoms with Crippen molar-refractivity contribution in [2.24, 2.45) is 0 Å². The summed E-state index contributed by atoms with van der Waals surface area (Å²) in [6, 6.07) is 2.73. The molecule has 22 heavy (non-hydrogen) atoms. The van der Waals surface area contributed by atoms with E-state index in [0.29, 0.717) is 12.6 Å². The molecule has 0 bridgehead atoms. The number of ether oxygens (including phenoxy) is 1. The number of hydrogen-bond acceptors (Lipinski definition) is 5. The van der Waals surface area contributed by atoms with Gasteiger partial charge in [-0.3, -0.25) is 0 Å². The van der Waals surface area contributed by atoms with Crippen LogP contribution in [0.25, 0.3) is 0 Å². The van der Waals surface area contributed by atoms with Gasteiger partial charge in [0.2, 0.25) is 0 Å². The number of methoxy groups -OCH3 is 1. The largest absolute Gasteiger partial charge is 0.469 e. The Hall–Kier alpha value is -1.66. The summed E-state index contributed by atoms with van der Waals surface area (Å²) in [6.07, 6.45) is 7.43. The Balaban J connectivity index is 1.56. The van der Waals surface area contributed by atoms with Crippen molar-refractivity contribution in [3.05, 3.63) is 35.3 Å². The van der Waals surface area contributed by atoms with Gasteiger partial charge < -0.3 is 14.5 Å². The van der Waals surface area contributed by atoms with Gasteiger partial charge in [-0.1, -0.05) is 0 Å². The maximum atomic E-state index is 5.59. The Kier molecular flexibility index (Phi) is 3.72. The second kappa shape index (κ2) is 5.85. The molecule has 1 aliphatic carbocycles. The van der Waals surface area contributed by atoms with Gasteiger partial charge in [-0.2, -0.15) is 5.10 Å². The first-order chi connectivity index (χ1) is 10.8. The van der Waals surface area contributed by atoms with E-state index in [1.807, 2.05) is 10.9 Å². The van der Waals surface area contributed by atoms with Crippen molar-refractivity contribution < 1.29 is 9.15 Å². The monoisotopic (exact) mass is 302 g/mol. The quantitative estimate of drug-likeness (QED) is 0.940. The standard InChI is InChI=1S/C16H22N4O2/c1-21-10-15-18-16-13(5-3-8-20(16)19-15)17-12-4-2-6-14-11(12)7-9-22-14/h7,9,12-13,17H,2-6,8,10H2,1H3/t12-,13+/m0/s1.